The van der Waals surface area contributed by atoms with Gasteiger partial charge in [0, 0.05) is 0 Å². The van der Waals surface area contributed by atoms with Gasteiger partial charge in [0.2, 0.25) is 11.2 Å². The second kappa shape index (κ2) is 4.90. The van der Waals surface area contributed by atoms with Crippen molar-refractivity contribution in [2.45, 2.75) is 13.8 Å². The van der Waals surface area contributed by atoms with Crippen molar-refractivity contribution in [3.63, 3.8) is 0 Å². The highest BCUT2D eigenvalue weighted by atomic mass is 16.4. The lowest BCUT2D eigenvalue weighted by Crippen LogP contribution is -2.09. The zero-order valence-corrected chi connectivity index (χ0v) is 11.4. The zero-order valence-electron chi connectivity index (χ0n) is 11.4. The highest BCUT2D eigenvalue weighted by Gasteiger charge is 2.24. The minimum absolute atomic E-state index is 0.0859. The van der Waals surface area contributed by atoms with Gasteiger partial charge in [-0.3, -0.25) is 14.4 Å². The van der Waals surface area contributed by atoms with E-state index in [0.717, 1.165) is 12.1 Å². The van der Waals surface area contributed by atoms with Gasteiger partial charge in [-0.25, -0.2) is 0 Å². The van der Waals surface area contributed by atoms with Crippen molar-refractivity contribution < 1.29 is 24.2 Å². The highest BCUT2D eigenvalue weighted by Crippen LogP contribution is 2.33. The summed E-state index contributed by atoms with van der Waals surface area (Å²) in [6.07, 6.45) is 0.945. The van der Waals surface area contributed by atoms with Crippen LogP contribution in [0, 0.1) is 6.92 Å². The van der Waals surface area contributed by atoms with Crippen molar-refractivity contribution in [1.29, 1.82) is 0 Å². The molecule has 2 rings (SSSR count). The first-order valence-electron chi connectivity index (χ1n) is 5.99. The number of ketones is 2. The minimum Gasteiger partial charge on any atom is -0.506 e. The van der Waals surface area contributed by atoms with Gasteiger partial charge in [-0.2, -0.15) is 0 Å². The molecule has 1 aromatic heterocycles. The molecular weight excluding hydrogens is 276 g/mol. The van der Waals surface area contributed by atoms with Crippen LogP contribution in [-0.2, 0) is 0 Å². The van der Waals surface area contributed by atoms with E-state index in [1.165, 1.54) is 13.8 Å². The maximum atomic E-state index is 12.1. The van der Waals surface area contributed by atoms with Crippen molar-refractivity contribution in [1.82, 2.24) is 0 Å². The van der Waals surface area contributed by atoms with Gasteiger partial charge < -0.3 is 14.6 Å². The molecule has 2 N–H and O–H groups in total. The van der Waals surface area contributed by atoms with Crippen LogP contribution in [0.4, 0.5) is 0 Å². The summed E-state index contributed by atoms with van der Waals surface area (Å²) >= 11 is 0. The van der Waals surface area contributed by atoms with Crippen molar-refractivity contribution in [3.05, 3.63) is 45.8 Å². The molecule has 0 amide bonds. The maximum absolute atomic E-state index is 12.1. The van der Waals surface area contributed by atoms with Gasteiger partial charge in [0.25, 0.3) is 0 Å². The molecule has 0 radical (unpaired) electrons. The molecule has 0 fully saturated rings. The highest BCUT2D eigenvalue weighted by molar-refractivity contribution is 6.15. The largest absolute Gasteiger partial charge is 0.506 e. The SMILES string of the molecule is C=CC(=O)c1cc2c(=O)c(O)c(C)oc2c(C(C)=O)c1O. The van der Waals surface area contributed by atoms with E-state index < -0.39 is 28.5 Å². The summed E-state index contributed by atoms with van der Waals surface area (Å²) in [6.45, 7) is 5.80. The molecule has 0 aliphatic carbocycles. The summed E-state index contributed by atoms with van der Waals surface area (Å²) in [5, 5.41) is 19.6. The van der Waals surface area contributed by atoms with Gasteiger partial charge in [-0.15, -0.1) is 0 Å². The Morgan fingerprint density at radius 1 is 1.29 bits per heavy atom. The number of aromatic hydroxyl groups is 2. The van der Waals surface area contributed by atoms with Crippen LogP contribution in [0.1, 0.15) is 33.4 Å². The molecule has 0 bridgehead atoms. The normalized spacial score (nSPS) is 10.6. The molecule has 0 unspecified atom stereocenters. The van der Waals surface area contributed by atoms with Crippen LogP contribution in [0.15, 0.2) is 27.9 Å². The van der Waals surface area contributed by atoms with E-state index in [1.54, 1.807) is 0 Å². The number of carbonyl (C=O) groups is 2. The van der Waals surface area contributed by atoms with Crippen LogP contribution in [0.5, 0.6) is 11.5 Å². The maximum Gasteiger partial charge on any atom is 0.234 e. The van der Waals surface area contributed by atoms with E-state index in [1.807, 2.05) is 0 Å². The van der Waals surface area contributed by atoms with Crippen LogP contribution in [0.2, 0.25) is 0 Å². The van der Waals surface area contributed by atoms with Crippen LogP contribution < -0.4 is 5.43 Å². The smallest absolute Gasteiger partial charge is 0.234 e. The third-order valence-electron chi connectivity index (χ3n) is 3.10. The third kappa shape index (κ3) is 2.10. The molecule has 0 spiro atoms. The Kier molecular flexibility index (Phi) is 3.39. The lowest BCUT2D eigenvalue weighted by molar-refractivity contribution is 0.101. The monoisotopic (exact) mass is 288 g/mol. The van der Waals surface area contributed by atoms with Gasteiger partial charge in [-0.1, -0.05) is 6.58 Å². The second-order valence-electron chi connectivity index (χ2n) is 4.48. The van der Waals surface area contributed by atoms with Crippen molar-refractivity contribution in [2.75, 3.05) is 0 Å². The molecule has 1 aromatic carbocycles. The molecular formula is C15H12O6. The summed E-state index contributed by atoms with van der Waals surface area (Å²) in [4.78, 5) is 35.5. The summed E-state index contributed by atoms with van der Waals surface area (Å²) in [5.74, 6) is -2.51. The molecule has 6 heteroatoms. The summed E-state index contributed by atoms with van der Waals surface area (Å²) in [7, 11) is 0. The van der Waals surface area contributed by atoms with E-state index in [2.05, 4.69) is 6.58 Å². The average Bonchev–Trinajstić information content (AvgIpc) is 2.43. The number of rotatable bonds is 3. The second-order valence-corrected chi connectivity index (χ2v) is 4.48. The summed E-state index contributed by atoms with van der Waals surface area (Å²) < 4.78 is 5.25. The quantitative estimate of drug-likeness (QED) is 0.661. The zero-order chi connectivity index (χ0) is 15.9. The first-order valence-corrected chi connectivity index (χ1v) is 5.99. The van der Waals surface area contributed by atoms with Crippen LogP contribution >= 0.6 is 0 Å². The molecule has 6 nitrogen and oxygen atoms in total. The number of Topliss-reactive ketones (excluding diaryl/α,β-unsaturated/α-hetero) is 1. The molecule has 2 aromatic rings. The number of hydrogen-bond donors (Lipinski definition) is 2. The van der Waals surface area contributed by atoms with Crippen molar-refractivity contribution >= 4 is 22.5 Å². The number of hydrogen-bond acceptors (Lipinski definition) is 6. The molecule has 0 saturated heterocycles. The Morgan fingerprint density at radius 3 is 2.43 bits per heavy atom. The van der Waals surface area contributed by atoms with Gasteiger partial charge >= 0.3 is 0 Å². The lowest BCUT2D eigenvalue weighted by Gasteiger charge is -2.10. The van der Waals surface area contributed by atoms with Gasteiger partial charge in [0.05, 0.1) is 10.9 Å². The van der Waals surface area contributed by atoms with Gasteiger partial charge in [-0.05, 0) is 26.0 Å². The van der Waals surface area contributed by atoms with E-state index >= 15 is 0 Å². The Hall–Kier alpha value is -2.89. The van der Waals surface area contributed by atoms with Crippen molar-refractivity contribution in [3.8, 4) is 11.5 Å². The number of benzene rings is 1. The first-order chi connectivity index (χ1) is 9.79. The molecule has 108 valence electrons. The molecule has 1 heterocycles. The lowest BCUT2D eigenvalue weighted by atomic mass is 9.98. The topological polar surface area (TPSA) is 105 Å². The summed E-state index contributed by atoms with van der Waals surface area (Å²) in [5.41, 5.74) is -1.48. The van der Waals surface area contributed by atoms with Crippen LogP contribution in [0.3, 0.4) is 0 Å². The minimum atomic E-state index is -0.783. The Morgan fingerprint density at radius 2 is 1.90 bits per heavy atom. The first kappa shape index (κ1) is 14.5. The number of aryl methyl sites for hydroxylation is 1. The van der Waals surface area contributed by atoms with Gasteiger partial charge in [0.15, 0.2) is 17.1 Å². The number of phenols is 1. The molecule has 21 heavy (non-hydrogen) atoms. The van der Waals surface area contributed by atoms with Gasteiger partial charge in [0.1, 0.15) is 17.1 Å². The number of fused-ring (bicyclic) bond motifs is 1. The van der Waals surface area contributed by atoms with E-state index in [-0.39, 0.29) is 27.9 Å². The number of carbonyl (C=O) groups excluding carboxylic acids is 2. The predicted molar refractivity (Wildman–Crippen MR) is 75.1 cm³/mol. The average molecular weight is 288 g/mol. The number of phenolic OH excluding ortho intramolecular Hbond substituents is 1. The van der Waals surface area contributed by atoms with E-state index in [0.29, 0.717) is 0 Å². The summed E-state index contributed by atoms with van der Waals surface area (Å²) in [6, 6.07) is 1.08. The Labute approximate surface area is 118 Å². The van der Waals surface area contributed by atoms with E-state index in [9.17, 15) is 24.6 Å². The predicted octanol–water partition coefficient (Wildman–Crippen LogP) is 2.08. The number of allylic oxidation sites excluding steroid dienone is 1. The molecule has 0 aliphatic rings. The van der Waals surface area contributed by atoms with E-state index in [4.69, 9.17) is 4.42 Å². The fourth-order valence-corrected chi connectivity index (χ4v) is 2.04. The Balaban J connectivity index is 3.11. The molecule has 0 saturated carbocycles. The van der Waals surface area contributed by atoms with Crippen molar-refractivity contribution in [2.24, 2.45) is 0 Å². The fourth-order valence-electron chi connectivity index (χ4n) is 2.04. The van der Waals surface area contributed by atoms with Crippen LogP contribution in [0.25, 0.3) is 11.0 Å². The fraction of sp³-hybridized carbons (Fsp3) is 0.133. The van der Waals surface area contributed by atoms with Crippen LogP contribution in [-0.4, -0.2) is 21.8 Å². The Bertz CT molecular complexity index is 857. The molecule has 0 aliphatic heterocycles. The standard InChI is InChI=1S/C15H12O6/c1-4-10(17)8-5-9-14(20)12(18)7(3)21-15(9)11(6(2)16)13(8)19/h4-5,18-19H,1H2,2-3H3. The molecule has 0 atom stereocenters. The third-order valence-corrected chi connectivity index (χ3v) is 3.10.